The van der Waals surface area contributed by atoms with E-state index in [4.69, 9.17) is 18.0 Å². The van der Waals surface area contributed by atoms with E-state index in [-0.39, 0.29) is 0 Å². The van der Waals surface area contributed by atoms with Crippen LogP contribution in [0.5, 0.6) is 0 Å². The molecule has 0 saturated heterocycles. The van der Waals surface area contributed by atoms with E-state index in [0.717, 1.165) is 23.7 Å². The summed E-state index contributed by atoms with van der Waals surface area (Å²) in [4.78, 5) is 0.458. The van der Waals surface area contributed by atoms with Crippen LogP contribution in [0.3, 0.4) is 0 Å². The van der Waals surface area contributed by atoms with E-state index in [1.807, 2.05) is 13.0 Å². The summed E-state index contributed by atoms with van der Waals surface area (Å²) in [5, 5.41) is 3.41. The van der Waals surface area contributed by atoms with E-state index in [9.17, 15) is 0 Å². The molecule has 3 heteroatoms. The van der Waals surface area contributed by atoms with E-state index in [1.54, 1.807) is 0 Å². The van der Waals surface area contributed by atoms with Crippen LogP contribution in [0.25, 0.3) is 0 Å². The van der Waals surface area contributed by atoms with Crippen molar-refractivity contribution in [1.82, 2.24) is 0 Å². The molecule has 0 aromatic heterocycles. The second kappa shape index (κ2) is 6.60. The Morgan fingerprint density at radius 2 is 2.12 bits per heavy atom. The van der Waals surface area contributed by atoms with Crippen LogP contribution in [0.2, 0.25) is 0 Å². The Morgan fingerprint density at radius 1 is 1.41 bits per heavy atom. The predicted octanol–water partition coefficient (Wildman–Crippen LogP) is 3.48. The van der Waals surface area contributed by atoms with Gasteiger partial charge in [0.2, 0.25) is 0 Å². The molecule has 0 aliphatic rings. The number of benzene rings is 1. The number of aryl methyl sites for hydroxylation is 1. The van der Waals surface area contributed by atoms with Crippen molar-refractivity contribution < 1.29 is 0 Å². The van der Waals surface area contributed by atoms with Crippen molar-refractivity contribution in [3.8, 4) is 0 Å². The summed E-state index contributed by atoms with van der Waals surface area (Å²) in [6.07, 6.45) is 2.41. The Bertz CT molecular complexity index is 386. The lowest BCUT2D eigenvalue weighted by atomic mass is 10.1. The van der Waals surface area contributed by atoms with E-state index in [0.29, 0.717) is 4.99 Å². The topological polar surface area (TPSA) is 38.0 Å². The van der Waals surface area contributed by atoms with Gasteiger partial charge in [-0.05, 0) is 37.8 Å². The number of anilines is 1. The number of rotatable bonds is 6. The third-order valence-electron chi connectivity index (χ3n) is 2.71. The molecule has 0 aliphatic heterocycles. The van der Waals surface area contributed by atoms with Crippen LogP contribution in [0, 0.1) is 12.8 Å². The molecule has 1 rings (SSSR count). The summed E-state index contributed by atoms with van der Waals surface area (Å²) in [6.45, 7) is 7.50. The standard InChI is InChI=1S/C14H22N2S/c1-10(2)5-4-8-16-13-7-6-11(3)9-12(13)14(15)17/h6-7,9-10,16H,4-5,8H2,1-3H3,(H2,15,17). The average Bonchev–Trinajstić information content (AvgIpc) is 2.25. The average molecular weight is 250 g/mol. The molecule has 1 aromatic carbocycles. The van der Waals surface area contributed by atoms with Crippen LogP contribution < -0.4 is 11.1 Å². The molecule has 0 amide bonds. The molecule has 0 fully saturated rings. The monoisotopic (exact) mass is 250 g/mol. The van der Waals surface area contributed by atoms with Gasteiger partial charge in [0.15, 0.2) is 0 Å². The van der Waals surface area contributed by atoms with Crippen LogP contribution in [0.15, 0.2) is 18.2 Å². The van der Waals surface area contributed by atoms with Crippen molar-refractivity contribution >= 4 is 22.9 Å². The Kier molecular flexibility index (Phi) is 5.42. The Labute approximate surface area is 110 Å². The second-order valence-electron chi connectivity index (χ2n) is 4.88. The Hall–Kier alpha value is -1.09. The molecule has 0 heterocycles. The molecule has 0 bridgehead atoms. The van der Waals surface area contributed by atoms with Gasteiger partial charge in [0.1, 0.15) is 4.99 Å². The highest BCUT2D eigenvalue weighted by Gasteiger charge is 2.05. The third-order valence-corrected chi connectivity index (χ3v) is 2.93. The normalized spacial score (nSPS) is 10.6. The highest BCUT2D eigenvalue weighted by Crippen LogP contribution is 2.17. The molecule has 94 valence electrons. The molecule has 0 saturated carbocycles. The number of thiocarbonyl (C=S) groups is 1. The molecule has 0 spiro atoms. The van der Waals surface area contributed by atoms with Crippen molar-refractivity contribution in [2.45, 2.75) is 33.6 Å². The summed E-state index contributed by atoms with van der Waals surface area (Å²) in [5.74, 6) is 0.755. The number of nitrogens with one attached hydrogen (secondary N) is 1. The molecule has 1 aromatic rings. The van der Waals surface area contributed by atoms with Gasteiger partial charge in [-0.25, -0.2) is 0 Å². The van der Waals surface area contributed by atoms with Crippen LogP contribution >= 0.6 is 12.2 Å². The quantitative estimate of drug-likeness (QED) is 0.599. The maximum atomic E-state index is 5.73. The van der Waals surface area contributed by atoms with Crippen molar-refractivity contribution in [2.75, 3.05) is 11.9 Å². The molecule has 2 nitrogen and oxygen atoms in total. The van der Waals surface area contributed by atoms with E-state index < -0.39 is 0 Å². The van der Waals surface area contributed by atoms with Crippen LogP contribution in [0.4, 0.5) is 5.69 Å². The van der Waals surface area contributed by atoms with Crippen molar-refractivity contribution in [2.24, 2.45) is 11.7 Å². The van der Waals surface area contributed by atoms with Crippen LogP contribution in [0.1, 0.15) is 37.8 Å². The number of hydrogen-bond donors (Lipinski definition) is 2. The zero-order chi connectivity index (χ0) is 12.8. The van der Waals surface area contributed by atoms with Gasteiger partial charge in [-0.2, -0.15) is 0 Å². The van der Waals surface area contributed by atoms with Gasteiger partial charge in [0.25, 0.3) is 0 Å². The maximum absolute atomic E-state index is 5.73. The Balaban J connectivity index is 2.61. The molecular formula is C14H22N2S. The van der Waals surface area contributed by atoms with Crippen molar-refractivity contribution in [3.05, 3.63) is 29.3 Å². The van der Waals surface area contributed by atoms with E-state index in [1.165, 1.54) is 18.4 Å². The molecular weight excluding hydrogens is 228 g/mol. The first kappa shape index (κ1) is 14.0. The van der Waals surface area contributed by atoms with Crippen molar-refractivity contribution in [3.63, 3.8) is 0 Å². The molecule has 0 aliphatic carbocycles. The van der Waals surface area contributed by atoms with Gasteiger partial charge in [-0.15, -0.1) is 0 Å². The lowest BCUT2D eigenvalue weighted by Crippen LogP contribution is -2.14. The number of hydrogen-bond acceptors (Lipinski definition) is 2. The van der Waals surface area contributed by atoms with Gasteiger partial charge in [0.05, 0.1) is 0 Å². The predicted molar refractivity (Wildman–Crippen MR) is 79.6 cm³/mol. The summed E-state index contributed by atoms with van der Waals surface area (Å²) < 4.78 is 0. The fourth-order valence-electron chi connectivity index (χ4n) is 1.75. The molecule has 3 N–H and O–H groups in total. The molecule has 0 radical (unpaired) electrons. The van der Waals surface area contributed by atoms with Gasteiger partial charge >= 0.3 is 0 Å². The van der Waals surface area contributed by atoms with E-state index in [2.05, 4.69) is 31.3 Å². The van der Waals surface area contributed by atoms with Gasteiger partial charge in [0, 0.05) is 17.8 Å². The van der Waals surface area contributed by atoms with Gasteiger partial charge in [-0.1, -0.05) is 37.7 Å². The van der Waals surface area contributed by atoms with Crippen LogP contribution in [-0.2, 0) is 0 Å². The lowest BCUT2D eigenvalue weighted by molar-refractivity contribution is 0.567. The fraction of sp³-hybridized carbons (Fsp3) is 0.500. The SMILES string of the molecule is Cc1ccc(NCCCC(C)C)c(C(N)=S)c1. The highest BCUT2D eigenvalue weighted by atomic mass is 32.1. The largest absolute Gasteiger partial charge is 0.389 e. The van der Waals surface area contributed by atoms with E-state index >= 15 is 0 Å². The summed E-state index contributed by atoms with van der Waals surface area (Å²) in [7, 11) is 0. The summed E-state index contributed by atoms with van der Waals surface area (Å²) in [5.41, 5.74) is 8.91. The zero-order valence-electron chi connectivity index (χ0n) is 10.9. The maximum Gasteiger partial charge on any atom is 0.106 e. The fourth-order valence-corrected chi connectivity index (χ4v) is 1.92. The zero-order valence-corrected chi connectivity index (χ0v) is 11.7. The highest BCUT2D eigenvalue weighted by molar-refractivity contribution is 7.80. The minimum Gasteiger partial charge on any atom is -0.389 e. The summed E-state index contributed by atoms with van der Waals surface area (Å²) in [6, 6.07) is 6.17. The van der Waals surface area contributed by atoms with Crippen molar-refractivity contribution in [1.29, 1.82) is 0 Å². The third kappa shape index (κ3) is 4.73. The minimum absolute atomic E-state index is 0.458. The first-order valence-electron chi connectivity index (χ1n) is 6.15. The second-order valence-corrected chi connectivity index (χ2v) is 5.32. The molecule has 17 heavy (non-hydrogen) atoms. The minimum atomic E-state index is 0.458. The smallest absolute Gasteiger partial charge is 0.106 e. The number of nitrogens with two attached hydrogens (primary N) is 1. The van der Waals surface area contributed by atoms with Crippen LogP contribution in [-0.4, -0.2) is 11.5 Å². The van der Waals surface area contributed by atoms with Gasteiger partial charge in [-0.3, -0.25) is 0 Å². The summed E-state index contributed by atoms with van der Waals surface area (Å²) >= 11 is 5.07. The van der Waals surface area contributed by atoms with Gasteiger partial charge < -0.3 is 11.1 Å². The lowest BCUT2D eigenvalue weighted by Gasteiger charge is -2.12. The first-order valence-corrected chi connectivity index (χ1v) is 6.56. The molecule has 0 atom stereocenters. The first-order chi connectivity index (χ1) is 8.00. The Morgan fingerprint density at radius 3 is 2.71 bits per heavy atom. The molecule has 0 unspecified atom stereocenters.